The van der Waals surface area contributed by atoms with Crippen LogP contribution in [0.2, 0.25) is 0 Å². The summed E-state index contributed by atoms with van der Waals surface area (Å²) in [5.41, 5.74) is 3.31. The van der Waals surface area contributed by atoms with Gasteiger partial charge in [-0.1, -0.05) is 24.3 Å². The van der Waals surface area contributed by atoms with Crippen LogP contribution >= 0.6 is 12.4 Å². The Bertz CT molecular complexity index is 855. The second kappa shape index (κ2) is 7.91. The molecule has 1 N–H and O–H groups in total. The van der Waals surface area contributed by atoms with Gasteiger partial charge in [0.25, 0.3) is 0 Å². The molecule has 1 aliphatic rings. The molecule has 2 heterocycles. The van der Waals surface area contributed by atoms with Crippen molar-refractivity contribution in [2.24, 2.45) is 0 Å². The van der Waals surface area contributed by atoms with Crippen molar-refractivity contribution in [2.75, 3.05) is 19.6 Å². The second-order valence-electron chi connectivity index (χ2n) is 6.28. The number of piperazine rings is 1. The first-order valence-corrected chi connectivity index (χ1v) is 8.33. The number of benzene rings is 2. The van der Waals surface area contributed by atoms with Crippen molar-refractivity contribution in [3.8, 4) is 0 Å². The van der Waals surface area contributed by atoms with E-state index in [0.29, 0.717) is 0 Å². The third kappa shape index (κ3) is 3.98. The fraction of sp³-hybridized carbons (Fsp3) is 0.250. The summed E-state index contributed by atoms with van der Waals surface area (Å²) in [6.07, 6.45) is 1.82. The first-order chi connectivity index (χ1) is 11.8. The summed E-state index contributed by atoms with van der Waals surface area (Å²) in [6.45, 7) is 3.61. The molecule has 1 unspecified atom stereocenters. The highest BCUT2D eigenvalue weighted by Crippen LogP contribution is 2.25. The molecule has 130 valence electrons. The highest BCUT2D eigenvalue weighted by Gasteiger charge is 2.24. The highest BCUT2D eigenvalue weighted by molar-refractivity contribution is 5.85. The molecule has 1 atom stereocenters. The summed E-state index contributed by atoms with van der Waals surface area (Å²) in [4.78, 5) is 6.80. The van der Waals surface area contributed by atoms with Gasteiger partial charge < -0.3 is 5.32 Å². The van der Waals surface area contributed by atoms with Crippen LogP contribution < -0.4 is 5.32 Å². The standard InChI is InChI=1S/C20H20FN3.ClH/c21-18-5-1-3-17(12-18)20-13-22-9-10-24(20)14-15-6-7-19-16(11-15)4-2-8-23-19;/h1-8,11-12,20,22H,9-10,13-14H2;1H. The van der Waals surface area contributed by atoms with Crippen molar-refractivity contribution in [3.05, 3.63) is 77.7 Å². The van der Waals surface area contributed by atoms with Gasteiger partial charge in [-0.15, -0.1) is 12.4 Å². The van der Waals surface area contributed by atoms with E-state index in [0.717, 1.165) is 42.6 Å². The van der Waals surface area contributed by atoms with Crippen LogP contribution in [0, 0.1) is 5.82 Å². The Kier molecular flexibility index (Phi) is 5.63. The molecule has 0 saturated carbocycles. The van der Waals surface area contributed by atoms with Gasteiger partial charge in [-0.05, 0) is 41.5 Å². The van der Waals surface area contributed by atoms with Gasteiger partial charge in [0.1, 0.15) is 5.82 Å². The Labute approximate surface area is 153 Å². The zero-order valence-electron chi connectivity index (χ0n) is 13.9. The van der Waals surface area contributed by atoms with Crippen LogP contribution in [-0.2, 0) is 6.54 Å². The molecule has 2 aromatic carbocycles. The topological polar surface area (TPSA) is 28.2 Å². The predicted molar refractivity (Wildman–Crippen MR) is 101 cm³/mol. The van der Waals surface area contributed by atoms with E-state index in [2.05, 4.69) is 39.5 Å². The van der Waals surface area contributed by atoms with Gasteiger partial charge in [-0.2, -0.15) is 0 Å². The quantitative estimate of drug-likeness (QED) is 0.769. The monoisotopic (exact) mass is 357 g/mol. The minimum Gasteiger partial charge on any atom is -0.314 e. The maximum absolute atomic E-state index is 13.6. The lowest BCUT2D eigenvalue weighted by Gasteiger charge is -2.36. The normalized spacial score (nSPS) is 18.0. The molecule has 0 amide bonds. The molecule has 1 aliphatic heterocycles. The van der Waals surface area contributed by atoms with E-state index < -0.39 is 0 Å². The number of nitrogens with zero attached hydrogens (tertiary/aromatic N) is 2. The van der Waals surface area contributed by atoms with Crippen LogP contribution in [0.25, 0.3) is 10.9 Å². The van der Waals surface area contributed by atoms with Crippen LogP contribution in [0.1, 0.15) is 17.2 Å². The number of pyridine rings is 1. The molecule has 1 saturated heterocycles. The fourth-order valence-electron chi connectivity index (χ4n) is 3.44. The van der Waals surface area contributed by atoms with Gasteiger partial charge in [-0.3, -0.25) is 9.88 Å². The Morgan fingerprint density at radius 3 is 2.92 bits per heavy atom. The first-order valence-electron chi connectivity index (χ1n) is 8.33. The summed E-state index contributed by atoms with van der Waals surface area (Å²) >= 11 is 0. The maximum Gasteiger partial charge on any atom is 0.123 e. The average Bonchev–Trinajstić information content (AvgIpc) is 2.62. The van der Waals surface area contributed by atoms with E-state index >= 15 is 0 Å². The van der Waals surface area contributed by atoms with Gasteiger partial charge in [0.2, 0.25) is 0 Å². The summed E-state index contributed by atoms with van der Waals surface area (Å²) in [6, 6.07) is 17.6. The molecular weight excluding hydrogens is 337 g/mol. The van der Waals surface area contributed by atoms with E-state index in [-0.39, 0.29) is 24.3 Å². The number of hydrogen-bond acceptors (Lipinski definition) is 3. The molecule has 3 aromatic rings. The lowest BCUT2D eigenvalue weighted by Crippen LogP contribution is -2.45. The lowest BCUT2D eigenvalue weighted by molar-refractivity contribution is 0.153. The average molecular weight is 358 g/mol. The zero-order chi connectivity index (χ0) is 16.4. The van der Waals surface area contributed by atoms with Crippen molar-refractivity contribution in [2.45, 2.75) is 12.6 Å². The van der Waals surface area contributed by atoms with E-state index in [9.17, 15) is 4.39 Å². The molecule has 0 radical (unpaired) electrons. The maximum atomic E-state index is 13.6. The van der Waals surface area contributed by atoms with Gasteiger partial charge in [0, 0.05) is 43.8 Å². The SMILES string of the molecule is Cl.Fc1cccc(C2CNCCN2Cc2ccc3ncccc3c2)c1. The molecule has 0 aliphatic carbocycles. The summed E-state index contributed by atoms with van der Waals surface area (Å²) in [5, 5.41) is 4.58. The minimum atomic E-state index is -0.171. The number of aromatic nitrogens is 1. The summed E-state index contributed by atoms with van der Waals surface area (Å²) in [5.74, 6) is -0.171. The Balaban J connectivity index is 0.00000182. The van der Waals surface area contributed by atoms with Crippen LogP contribution in [0.4, 0.5) is 4.39 Å². The van der Waals surface area contributed by atoms with E-state index in [1.807, 2.05) is 18.3 Å². The fourth-order valence-corrected chi connectivity index (χ4v) is 3.44. The highest BCUT2D eigenvalue weighted by atomic mass is 35.5. The van der Waals surface area contributed by atoms with E-state index in [1.54, 1.807) is 12.1 Å². The van der Waals surface area contributed by atoms with Gasteiger partial charge >= 0.3 is 0 Å². The second-order valence-corrected chi connectivity index (χ2v) is 6.28. The molecule has 5 heteroatoms. The van der Waals surface area contributed by atoms with Crippen LogP contribution in [0.5, 0.6) is 0 Å². The molecule has 25 heavy (non-hydrogen) atoms. The van der Waals surface area contributed by atoms with E-state index in [1.165, 1.54) is 11.6 Å². The van der Waals surface area contributed by atoms with Gasteiger partial charge in [0.15, 0.2) is 0 Å². The number of hydrogen-bond donors (Lipinski definition) is 1. The van der Waals surface area contributed by atoms with Crippen LogP contribution in [-0.4, -0.2) is 29.5 Å². The van der Waals surface area contributed by atoms with Crippen LogP contribution in [0.15, 0.2) is 60.8 Å². The van der Waals surface area contributed by atoms with Crippen molar-refractivity contribution in [1.82, 2.24) is 15.2 Å². The number of halogens is 2. The minimum absolute atomic E-state index is 0. The van der Waals surface area contributed by atoms with Gasteiger partial charge in [0.05, 0.1) is 5.52 Å². The largest absolute Gasteiger partial charge is 0.314 e. The predicted octanol–water partition coefficient (Wildman–Crippen LogP) is 3.94. The number of rotatable bonds is 3. The van der Waals surface area contributed by atoms with Crippen molar-refractivity contribution in [3.63, 3.8) is 0 Å². The lowest BCUT2D eigenvalue weighted by atomic mass is 10.0. The van der Waals surface area contributed by atoms with Gasteiger partial charge in [-0.25, -0.2) is 4.39 Å². The zero-order valence-corrected chi connectivity index (χ0v) is 14.7. The third-order valence-corrected chi connectivity index (χ3v) is 4.64. The Morgan fingerprint density at radius 2 is 2.04 bits per heavy atom. The number of fused-ring (bicyclic) bond motifs is 1. The van der Waals surface area contributed by atoms with Crippen LogP contribution in [0.3, 0.4) is 0 Å². The smallest absolute Gasteiger partial charge is 0.123 e. The molecular formula is C20H21ClFN3. The molecule has 3 nitrogen and oxygen atoms in total. The molecule has 0 spiro atoms. The Hall–Kier alpha value is -2.01. The van der Waals surface area contributed by atoms with Crippen molar-refractivity contribution < 1.29 is 4.39 Å². The number of nitrogens with one attached hydrogen (secondary N) is 1. The molecule has 4 rings (SSSR count). The molecule has 1 fully saturated rings. The summed E-state index contributed by atoms with van der Waals surface area (Å²) < 4.78 is 13.6. The van der Waals surface area contributed by atoms with Crippen molar-refractivity contribution in [1.29, 1.82) is 0 Å². The summed E-state index contributed by atoms with van der Waals surface area (Å²) in [7, 11) is 0. The Morgan fingerprint density at radius 1 is 1.12 bits per heavy atom. The first kappa shape index (κ1) is 17.8. The van der Waals surface area contributed by atoms with Crippen molar-refractivity contribution >= 4 is 23.3 Å². The molecule has 0 bridgehead atoms. The van der Waals surface area contributed by atoms with E-state index in [4.69, 9.17) is 0 Å². The molecule has 1 aromatic heterocycles. The third-order valence-electron chi connectivity index (χ3n) is 4.64.